The largest absolute Gasteiger partial charge is 0.372 e. The van der Waals surface area contributed by atoms with Gasteiger partial charge >= 0.3 is 5.69 Å². The van der Waals surface area contributed by atoms with Crippen molar-refractivity contribution in [2.75, 3.05) is 13.1 Å². The molecule has 0 spiro atoms. The van der Waals surface area contributed by atoms with Crippen LogP contribution in [0.2, 0.25) is 0 Å². The van der Waals surface area contributed by atoms with Gasteiger partial charge in [0.1, 0.15) is 6.20 Å². The molecule has 2 aliphatic heterocycles. The molecule has 2 aliphatic carbocycles. The van der Waals surface area contributed by atoms with E-state index >= 15 is 0 Å². The highest BCUT2D eigenvalue weighted by atomic mass is 16.5. The second-order valence-electron chi connectivity index (χ2n) is 11.8. The lowest BCUT2D eigenvalue weighted by atomic mass is 9.76. The van der Waals surface area contributed by atoms with Crippen LogP contribution in [0.3, 0.4) is 0 Å². The SMILES string of the molecule is O=c1cnn(-c2nc3ccccc3n(C3C[C@@H]4CN(C5C[C@H]6CCCC[C@H](C5)C6)C[C@@H](C3)O4)c2=O)c(=O)[nH]1. The molecule has 2 saturated carbocycles. The van der Waals surface area contributed by atoms with E-state index in [0.717, 1.165) is 54.2 Å². The molecule has 7 rings (SSSR count). The number of fused-ring (bicyclic) bond motifs is 5. The lowest BCUT2D eigenvalue weighted by Crippen LogP contribution is -2.56. The summed E-state index contributed by atoms with van der Waals surface area (Å²) in [6.45, 7) is 1.81. The van der Waals surface area contributed by atoms with Gasteiger partial charge in [-0.25, -0.2) is 9.78 Å². The fourth-order valence-corrected chi connectivity index (χ4v) is 7.74. The van der Waals surface area contributed by atoms with E-state index in [2.05, 4.69) is 20.0 Å². The molecule has 10 heteroatoms. The average Bonchev–Trinajstić information content (AvgIpc) is 3.07. The number of ether oxygens (including phenoxy) is 1. The molecule has 200 valence electrons. The summed E-state index contributed by atoms with van der Waals surface area (Å²) in [6, 6.07) is 8.06. The lowest BCUT2D eigenvalue weighted by Gasteiger charge is -2.49. The summed E-state index contributed by atoms with van der Waals surface area (Å²) in [4.78, 5) is 47.2. The van der Waals surface area contributed by atoms with Crippen LogP contribution in [0, 0.1) is 11.8 Å². The van der Waals surface area contributed by atoms with Gasteiger partial charge in [-0.05, 0) is 56.1 Å². The average molecular weight is 519 g/mol. The zero-order valence-electron chi connectivity index (χ0n) is 21.5. The Labute approximate surface area is 219 Å². The van der Waals surface area contributed by atoms with Gasteiger partial charge in [0.15, 0.2) is 0 Å². The van der Waals surface area contributed by atoms with Crippen LogP contribution in [-0.4, -0.2) is 60.6 Å². The summed E-state index contributed by atoms with van der Waals surface area (Å²) in [5.41, 5.74) is -0.451. The monoisotopic (exact) mass is 518 g/mol. The van der Waals surface area contributed by atoms with Crippen molar-refractivity contribution in [3.05, 3.63) is 61.7 Å². The molecular weight excluding hydrogens is 484 g/mol. The van der Waals surface area contributed by atoms with Crippen molar-refractivity contribution in [3.8, 4) is 5.82 Å². The number of aromatic amines is 1. The number of rotatable bonds is 3. The summed E-state index contributed by atoms with van der Waals surface area (Å²) in [5.74, 6) is 1.65. The van der Waals surface area contributed by atoms with Gasteiger partial charge in [0.2, 0.25) is 5.82 Å². The van der Waals surface area contributed by atoms with Gasteiger partial charge in [-0.15, -0.1) is 0 Å². The Kier molecular flexibility index (Phi) is 6.04. The molecule has 0 unspecified atom stereocenters. The molecule has 4 fully saturated rings. The summed E-state index contributed by atoms with van der Waals surface area (Å²) in [7, 11) is 0. The first-order chi connectivity index (χ1) is 18.5. The fraction of sp³-hybridized carbons (Fsp3) is 0.607. The van der Waals surface area contributed by atoms with E-state index in [1.807, 2.05) is 24.3 Å². The molecule has 1 N–H and O–H groups in total. The summed E-state index contributed by atoms with van der Waals surface area (Å²) in [5, 5.41) is 3.90. The van der Waals surface area contributed by atoms with E-state index in [4.69, 9.17) is 4.74 Å². The topological polar surface area (TPSA) is 115 Å². The van der Waals surface area contributed by atoms with Gasteiger partial charge in [-0.1, -0.05) is 37.8 Å². The number of nitrogens with zero attached hydrogens (tertiary/aromatic N) is 5. The number of hydrogen-bond donors (Lipinski definition) is 1. The van der Waals surface area contributed by atoms with Crippen LogP contribution in [0.5, 0.6) is 0 Å². The standard InChI is InChI=1S/C28H34N6O4/c35-25-14-29-34(28(37)31-25)26-27(36)33(24-8-4-3-7-23(24)30-26)20-12-21-15-32(16-22(13-20)38-21)19-10-17-5-1-2-6-18(9-17)11-19/h3-4,7-8,14,17-22H,1-2,5-6,9-13,15-16H2,(H,31,35,37)/t17-,18-,21+,22+/m0/s1. The number of para-hydroxylation sites is 2. The molecule has 2 aromatic heterocycles. The molecule has 0 radical (unpaired) electrons. The minimum Gasteiger partial charge on any atom is -0.372 e. The number of hydrogen-bond acceptors (Lipinski definition) is 7. The fourth-order valence-electron chi connectivity index (χ4n) is 7.74. The number of nitrogens with one attached hydrogen (secondary N) is 1. The molecule has 4 heterocycles. The molecule has 2 saturated heterocycles. The normalized spacial score (nSPS) is 31.7. The number of likely N-dealkylation sites (tertiary alicyclic amines) is 1. The Morgan fingerprint density at radius 3 is 2.29 bits per heavy atom. The highest BCUT2D eigenvalue weighted by Crippen LogP contribution is 2.42. The third-order valence-electron chi connectivity index (χ3n) is 9.26. The molecule has 38 heavy (non-hydrogen) atoms. The Morgan fingerprint density at radius 2 is 1.58 bits per heavy atom. The highest BCUT2D eigenvalue weighted by molar-refractivity contribution is 5.75. The minimum atomic E-state index is -0.781. The maximum absolute atomic E-state index is 13.9. The van der Waals surface area contributed by atoms with E-state index in [-0.39, 0.29) is 29.6 Å². The van der Waals surface area contributed by atoms with Crippen molar-refractivity contribution >= 4 is 11.0 Å². The summed E-state index contributed by atoms with van der Waals surface area (Å²) >= 11 is 0. The molecule has 3 aromatic rings. The smallest absolute Gasteiger partial charge is 0.351 e. The summed E-state index contributed by atoms with van der Waals surface area (Å²) in [6.07, 6.45) is 12.2. The number of morpholine rings is 1. The van der Waals surface area contributed by atoms with Crippen LogP contribution in [0.15, 0.2) is 44.8 Å². The second kappa shape index (κ2) is 9.57. The minimum absolute atomic E-state index is 0.0626. The molecule has 4 atom stereocenters. The molecule has 10 nitrogen and oxygen atoms in total. The third kappa shape index (κ3) is 4.33. The van der Waals surface area contributed by atoms with Gasteiger partial charge in [-0.2, -0.15) is 9.78 Å². The third-order valence-corrected chi connectivity index (χ3v) is 9.26. The van der Waals surface area contributed by atoms with Crippen molar-refractivity contribution in [1.29, 1.82) is 0 Å². The highest BCUT2D eigenvalue weighted by Gasteiger charge is 2.42. The Hall–Kier alpha value is -3.11. The van der Waals surface area contributed by atoms with Crippen molar-refractivity contribution in [2.45, 2.75) is 82.1 Å². The maximum atomic E-state index is 13.9. The van der Waals surface area contributed by atoms with Crippen molar-refractivity contribution < 1.29 is 4.74 Å². The van der Waals surface area contributed by atoms with E-state index in [1.54, 1.807) is 4.57 Å². The predicted molar refractivity (Wildman–Crippen MR) is 142 cm³/mol. The Bertz CT molecular complexity index is 1500. The summed E-state index contributed by atoms with van der Waals surface area (Å²) < 4.78 is 9.10. The van der Waals surface area contributed by atoms with Crippen molar-refractivity contribution in [2.24, 2.45) is 11.8 Å². The maximum Gasteiger partial charge on any atom is 0.351 e. The van der Waals surface area contributed by atoms with Gasteiger partial charge in [-0.3, -0.25) is 19.5 Å². The molecule has 0 amide bonds. The first-order valence-electron chi connectivity index (χ1n) is 14.1. The van der Waals surface area contributed by atoms with Gasteiger partial charge in [0.05, 0.1) is 23.2 Å². The zero-order chi connectivity index (χ0) is 25.8. The van der Waals surface area contributed by atoms with Crippen LogP contribution in [0.25, 0.3) is 16.9 Å². The molecular formula is C28H34N6O4. The predicted octanol–water partition coefficient (Wildman–Crippen LogP) is 2.39. The number of H-pyrrole nitrogens is 1. The van der Waals surface area contributed by atoms with Crippen LogP contribution < -0.4 is 16.8 Å². The van der Waals surface area contributed by atoms with Crippen molar-refractivity contribution in [3.63, 3.8) is 0 Å². The Morgan fingerprint density at radius 1 is 0.868 bits per heavy atom. The molecule has 4 aliphatic rings. The van der Waals surface area contributed by atoms with Crippen molar-refractivity contribution in [1.82, 2.24) is 29.2 Å². The van der Waals surface area contributed by atoms with Crippen LogP contribution >= 0.6 is 0 Å². The van der Waals surface area contributed by atoms with Gasteiger partial charge in [0.25, 0.3) is 11.1 Å². The Balaban J connectivity index is 1.20. The van der Waals surface area contributed by atoms with E-state index < -0.39 is 11.2 Å². The zero-order valence-corrected chi connectivity index (χ0v) is 21.5. The first-order valence-corrected chi connectivity index (χ1v) is 14.1. The van der Waals surface area contributed by atoms with Crippen LogP contribution in [0.1, 0.15) is 63.8 Å². The van der Waals surface area contributed by atoms with Crippen LogP contribution in [0.4, 0.5) is 0 Å². The first kappa shape index (κ1) is 24.0. The van der Waals surface area contributed by atoms with E-state index in [1.165, 1.54) is 44.9 Å². The molecule has 4 bridgehead atoms. The van der Waals surface area contributed by atoms with Crippen LogP contribution in [-0.2, 0) is 4.74 Å². The van der Waals surface area contributed by atoms with Gasteiger partial charge in [0, 0.05) is 25.2 Å². The van der Waals surface area contributed by atoms with E-state index in [0.29, 0.717) is 11.6 Å². The van der Waals surface area contributed by atoms with E-state index in [9.17, 15) is 14.4 Å². The number of aromatic nitrogens is 5. The van der Waals surface area contributed by atoms with Gasteiger partial charge < -0.3 is 9.30 Å². The number of benzene rings is 1. The molecule has 1 aromatic carbocycles. The second-order valence-corrected chi connectivity index (χ2v) is 11.8. The lowest BCUT2D eigenvalue weighted by molar-refractivity contribution is -0.140. The quantitative estimate of drug-likeness (QED) is 0.566.